The monoisotopic (exact) mass is 337 g/mol. The second kappa shape index (κ2) is 7.73. The van der Waals surface area contributed by atoms with E-state index in [2.05, 4.69) is 13.8 Å². The maximum Gasteiger partial charge on any atom is 0.329 e. The number of rotatable bonds is 5. The summed E-state index contributed by atoms with van der Waals surface area (Å²) in [5.41, 5.74) is 0.549. The van der Waals surface area contributed by atoms with Gasteiger partial charge in [0.05, 0.1) is 19.1 Å². The van der Waals surface area contributed by atoms with Gasteiger partial charge >= 0.3 is 5.97 Å². The first kappa shape index (κ1) is 17.7. The third-order valence-corrected chi connectivity index (χ3v) is 5.36. The standard InChI is InChI=1S/C17H23NO4S/c1-5-22-17(20)14-10-23-16(11(2)3)18(14)15(19)12-6-8-13(21-4)9-7-12/h6-9,11,14,16H,5,10H2,1-4H3. The summed E-state index contributed by atoms with van der Waals surface area (Å²) in [6.07, 6.45) is 0. The molecule has 0 saturated carbocycles. The quantitative estimate of drug-likeness (QED) is 0.773. The van der Waals surface area contributed by atoms with E-state index in [0.29, 0.717) is 23.7 Å². The molecular formula is C17H23NO4S. The lowest BCUT2D eigenvalue weighted by atomic mass is 10.1. The number of ether oxygens (including phenoxy) is 2. The Morgan fingerprint density at radius 3 is 2.48 bits per heavy atom. The summed E-state index contributed by atoms with van der Waals surface area (Å²) in [7, 11) is 1.58. The van der Waals surface area contributed by atoms with Gasteiger partial charge in [0, 0.05) is 11.3 Å². The second-order valence-corrected chi connectivity index (χ2v) is 6.83. The van der Waals surface area contributed by atoms with Crippen molar-refractivity contribution in [1.29, 1.82) is 0 Å². The lowest BCUT2D eigenvalue weighted by Gasteiger charge is -2.30. The lowest BCUT2D eigenvalue weighted by molar-refractivity contribution is -0.147. The highest BCUT2D eigenvalue weighted by atomic mass is 32.2. The van der Waals surface area contributed by atoms with Gasteiger partial charge in [0.25, 0.3) is 5.91 Å². The molecule has 1 aliphatic rings. The van der Waals surface area contributed by atoms with Crippen LogP contribution in [0.25, 0.3) is 0 Å². The van der Waals surface area contributed by atoms with Crippen molar-refractivity contribution in [3.63, 3.8) is 0 Å². The number of methoxy groups -OCH3 is 1. The highest BCUT2D eigenvalue weighted by molar-refractivity contribution is 8.00. The molecule has 0 aliphatic carbocycles. The molecule has 2 atom stereocenters. The summed E-state index contributed by atoms with van der Waals surface area (Å²) >= 11 is 1.63. The van der Waals surface area contributed by atoms with Crippen LogP contribution in [0.4, 0.5) is 0 Å². The highest BCUT2D eigenvalue weighted by Crippen LogP contribution is 2.35. The van der Waals surface area contributed by atoms with Crippen molar-refractivity contribution >= 4 is 23.6 Å². The zero-order valence-electron chi connectivity index (χ0n) is 13.9. The fraction of sp³-hybridized carbons (Fsp3) is 0.529. The van der Waals surface area contributed by atoms with Crippen LogP contribution in [0, 0.1) is 5.92 Å². The first-order chi connectivity index (χ1) is 11.0. The number of thioether (sulfide) groups is 1. The molecule has 0 radical (unpaired) electrons. The zero-order chi connectivity index (χ0) is 17.0. The summed E-state index contributed by atoms with van der Waals surface area (Å²) in [6, 6.07) is 6.43. The van der Waals surface area contributed by atoms with Gasteiger partial charge in [0.1, 0.15) is 11.8 Å². The van der Waals surface area contributed by atoms with Crippen molar-refractivity contribution in [3.05, 3.63) is 29.8 Å². The van der Waals surface area contributed by atoms with E-state index in [1.54, 1.807) is 55.0 Å². The Bertz CT molecular complexity index is 558. The van der Waals surface area contributed by atoms with Crippen LogP contribution < -0.4 is 4.74 Å². The molecule has 1 heterocycles. The van der Waals surface area contributed by atoms with Crippen molar-refractivity contribution in [2.45, 2.75) is 32.2 Å². The number of hydrogen-bond acceptors (Lipinski definition) is 5. The van der Waals surface area contributed by atoms with E-state index < -0.39 is 6.04 Å². The Morgan fingerprint density at radius 1 is 1.30 bits per heavy atom. The minimum atomic E-state index is -0.526. The summed E-state index contributed by atoms with van der Waals surface area (Å²) in [6.45, 7) is 6.20. The SMILES string of the molecule is CCOC(=O)C1CSC(C(C)C)N1C(=O)c1ccc(OC)cc1. The minimum Gasteiger partial charge on any atom is -0.497 e. The summed E-state index contributed by atoms with van der Waals surface area (Å²) in [5, 5.41) is -0.0287. The van der Waals surface area contributed by atoms with E-state index in [1.807, 2.05) is 0 Å². The number of carbonyl (C=O) groups excluding carboxylic acids is 2. The average molecular weight is 337 g/mol. The van der Waals surface area contributed by atoms with Crippen molar-refractivity contribution in [2.24, 2.45) is 5.92 Å². The van der Waals surface area contributed by atoms with E-state index in [0.717, 1.165) is 0 Å². The topological polar surface area (TPSA) is 55.8 Å². The molecule has 0 spiro atoms. The molecule has 5 nitrogen and oxygen atoms in total. The average Bonchev–Trinajstić information content (AvgIpc) is 2.99. The van der Waals surface area contributed by atoms with Gasteiger partial charge in [-0.05, 0) is 37.1 Å². The van der Waals surface area contributed by atoms with Gasteiger partial charge in [0.15, 0.2) is 0 Å². The van der Waals surface area contributed by atoms with Crippen LogP contribution in [0.1, 0.15) is 31.1 Å². The third kappa shape index (κ3) is 3.80. The van der Waals surface area contributed by atoms with E-state index in [1.165, 1.54) is 0 Å². The van der Waals surface area contributed by atoms with E-state index in [9.17, 15) is 9.59 Å². The van der Waals surface area contributed by atoms with Crippen molar-refractivity contribution in [1.82, 2.24) is 4.90 Å². The fourth-order valence-corrected chi connectivity index (χ4v) is 4.07. The summed E-state index contributed by atoms with van der Waals surface area (Å²) in [5.74, 6) is 1.05. The molecule has 2 unspecified atom stereocenters. The first-order valence-electron chi connectivity index (χ1n) is 7.74. The molecule has 0 N–H and O–H groups in total. The van der Waals surface area contributed by atoms with Gasteiger partial charge in [-0.15, -0.1) is 11.8 Å². The van der Waals surface area contributed by atoms with Crippen LogP contribution in [-0.4, -0.2) is 47.7 Å². The first-order valence-corrected chi connectivity index (χ1v) is 8.79. The molecular weight excluding hydrogens is 314 g/mol. The number of nitrogens with zero attached hydrogens (tertiary/aromatic N) is 1. The maximum atomic E-state index is 12.9. The van der Waals surface area contributed by atoms with Gasteiger partial charge in [0.2, 0.25) is 0 Å². The predicted molar refractivity (Wildman–Crippen MR) is 90.7 cm³/mol. The van der Waals surface area contributed by atoms with Crippen molar-refractivity contribution < 1.29 is 19.1 Å². The van der Waals surface area contributed by atoms with Crippen LogP contribution in [0.5, 0.6) is 5.75 Å². The van der Waals surface area contributed by atoms with Crippen LogP contribution >= 0.6 is 11.8 Å². The normalized spacial score (nSPS) is 20.7. The zero-order valence-corrected chi connectivity index (χ0v) is 14.8. The van der Waals surface area contributed by atoms with Crippen LogP contribution in [0.3, 0.4) is 0 Å². The van der Waals surface area contributed by atoms with Gasteiger partial charge in [-0.25, -0.2) is 4.79 Å². The van der Waals surface area contributed by atoms with Crippen molar-refractivity contribution in [3.8, 4) is 5.75 Å². The van der Waals surface area contributed by atoms with Gasteiger partial charge in [-0.3, -0.25) is 4.79 Å². The van der Waals surface area contributed by atoms with Crippen LogP contribution in [0.15, 0.2) is 24.3 Å². The van der Waals surface area contributed by atoms with Crippen LogP contribution in [-0.2, 0) is 9.53 Å². The molecule has 0 aromatic heterocycles. The molecule has 23 heavy (non-hydrogen) atoms. The van der Waals surface area contributed by atoms with E-state index in [-0.39, 0.29) is 23.2 Å². The fourth-order valence-electron chi connectivity index (χ4n) is 2.60. The Kier molecular flexibility index (Phi) is 5.93. The lowest BCUT2D eigenvalue weighted by Crippen LogP contribution is -2.47. The van der Waals surface area contributed by atoms with Gasteiger partial charge < -0.3 is 14.4 Å². The highest BCUT2D eigenvalue weighted by Gasteiger charge is 2.43. The number of benzene rings is 1. The number of esters is 1. The Hall–Kier alpha value is -1.69. The molecule has 1 fully saturated rings. The molecule has 1 aliphatic heterocycles. The molecule has 0 bridgehead atoms. The van der Waals surface area contributed by atoms with Crippen molar-refractivity contribution in [2.75, 3.05) is 19.5 Å². The predicted octanol–water partition coefficient (Wildman–Crippen LogP) is 2.80. The largest absolute Gasteiger partial charge is 0.497 e. The van der Waals surface area contributed by atoms with Gasteiger partial charge in [-0.1, -0.05) is 13.8 Å². The number of carbonyl (C=O) groups is 2. The Labute approximate surface area is 141 Å². The van der Waals surface area contributed by atoms with E-state index in [4.69, 9.17) is 9.47 Å². The van der Waals surface area contributed by atoms with E-state index >= 15 is 0 Å². The molecule has 1 amide bonds. The van der Waals surface area contributed by atoms with Gasteiger partial charge in [-0.2, -0.15) is 0 Å². The molecule has 126 valence electrons. The summed E-state index contributed by atoms with van der Waals surface area (Å²) < 4.78 is 10.3. The number of amides is 1. The van der Waals surface area contributed by atoms with Crippen LogP contribution in [0.2, 0.25) is 0 Å². The minimum absolute atomic E-state index is 0.0287. The molecule has 1 aromatic carbocycles. The molecule has 6 heteroatoms. The molecule has 1 aromatic rings. The second-order valence-electron chi connectivity index (χ2n) is 5.68. The summed E-state index contributed by atoms with van der Waals surface area (Å²) in [4.78, 5) is 26.8. The smallest absolute Gasteiger partial charge is 0.329 e. The third-order valence-electron chi connectivity index (χ3n) is 3.74. The molecule has 2 rings (SSSR count). The maximum absolute atomic E-state index is 12.9. The molecule has 1 saturated heterocycles. The number of hydrogen-bond donors (Lipinski definition) is 0. The Morgan fingerprint density at radius 2 is 1.96 bits per heavy atom. The Balaban J connectivity index is 2.28.